The number of esters is 1. The van der Waals surface area contributed by atoms with Gasteiger partial charge in [-0.05, 0) is 96.3 Å². The molecule has 0 aromatic heterocycles. The van der Waals surface area contributed by atoms with Crippen LogP contribution in [0.1, 0.15) is 258 Å². The van der Waals surface area contributed by atoms with Crippen LogP contribution in [0, 0.1) is 0 Å². The van der Waals surface area contributed by atoms with Gasteiger partial charge in [0.25, 0.3) is 0 Å². The van der Waals surface area contributed by atoms with E-state index in [9.17, 15) is 35.1 Å². The van der Waals surface area contributed by atoms with E-state index in [1.54, 1.807) is 6.08 Å². The first-order valence-electron chi connectivity index (χ1n) is 33.3. The molecule has 1 saturated heterocycles. The van der Waals surface area contributed by atoms with E-state index < -0.39 is 67.4 Å². The van der Waals surface area contributed by atoms with Gasteiger partial charge in [-0.15, -0.1) is 0 Å². The van der Waals surface area contributed by atoms with E-state index in [0.29, 0.717) is 12.8 Å². The molecule has 11 nitrogen and oxygen atoms in total. The van der Waals surface area contributed by atoms with Crippen LogP contribution in [0.2, 0.25) is 0 Å². The fourth-order valence-electron chi connectivity index (χ4n) is 9.71. The van der Waals surface area contributed by atoms with Crippen LogP contribution in [0.3, 0.4) is 0 Å². The summed E-state index contributed by atoms with van der Waals surface area (Å²) in [6.45, 7) is 5.53. The van der Waals surface area contributed by atoms with Gasteiger partial charge in [0.05, 0.1) is 25.4 Å². The summed E-state index contributed by atoms with van der Waals surface area (Å²) >= 11 is 0. The Labute approximate surface area is 506 Å². The second-order valence-electron chi connectivity index (χ2n) is 22.5. The van der Waals surface area contributed by atoms with Gasteiger partial charge in [0.15, 0.2) is 12.4 Å². The molecule has 0 aliphatic carbocycles. The van der Waals surface area contributed by atoms with Crippen molar-refractivity contribution in [1.82, 2.24) is 5.32 Å². The van der Waals surface area contributed by atoms with E-state index in [4.69, 9.17) is 14.2 Å². The molecule has 1 heterocycles. The summed E-state index contributed by atoms with van der Waals surface area (Å²) in [6.07, 6.45) is 70.9. The smallest absolute Gasteiger partial charge is 0.306 e. The Morgan fingerprint density at radius 1 is 0.494 bits per heavy atom. The molecule has 8 atom stereocenters. The van der Waals surface area contributed by atoms with Gasteiger partial charge in [0.2, 0.25) is 5.91 Å². The van der Waals surface area contributed by atoms with Gasteiger partial charge >= 0.3 is 5.97 Å². The van der Waals surface area contributed by atoms with Crippen molar-refractivity contribution in [3.8, 4) is 0 Å². The zero-order valence-corrected chi connectivity index (χ0v) is 52.5. The van der Waals surface area contributed by atoms with Crippen LogP contribution in [0.4, 0.5) is 0 Å². The summed E-state index contributed by atoms with van der Waals surface area (Å²) in [5.41, 5.74) is 0. The molecule has 1 rings (SSSR count). The minimum Gasteiger partial charge on any atom is -0.454 e. The average molecular weight is 1160 g/mol. The number of aliphatic hydroxyl groups is 5. The number of hydrogen-bond donors (Lipinski definition) is 6. The molecule has 1 aliphatic heterocycles. The molecule has 0 bridgehead atoms. The van der Waals surface area contributed by atoms with Gasteiger partial charge < -0.3 is 45.1 Å². The van der Waals surface area contributed by atoms with Crippen LogP contribution in [0.25, 0.3) is 0 Å². The number of nitrogens with one attached hydrogen (secondary N) is 1. The fraction of sp³-hybridized carbons (Fsp3) is 0.694. The van der Waals surface area contributed by atoms with Crippen LogP contribution in [-0.4, -0.2) is 99.6 Å². The molecule has 474 valence electrons. The van der Waals surface area contributed by atoms with E-state index in [1.807, 2.05) is 18.2 Å². The number of ether oxygens (including phenoxy) is 3. The van der Waals surface area contributed by atoms with Crippen LogP contribution < -0.4 is 5.32 Å². The summed E-state index contributed by atoms with van der Waals surface area (Å²) in [5.74, 6) is -1.22. The highest BCUT2D eigenvalue weighted by atomic mass is 16.7. The Kier molecular flexibility index (Phi) is 54.3. The Bertz CT molecular complexity index is 1810. The Morgan fingerprint density at radius 2 is 0.928 bits per heavy atom. The van der Waals surface area contributed by atoms with E-state index >= 15 is 0 Å². The van der Waals surface area contributed by atoms with E-state index in [0.717, 1.165) is 135 Å². The first kappa shape index (κ1) is 77.1. The number of unbranched alkanes of at least 4 members (excludes halogenated alkanes) is 25. The van der Waals surface area contributed by atoms with Crippen LogP contribution in [0.5, 0.6) is 0 Å². The summed E-state index contributed by atoms with van der Waals surface area (Å²) < 4.78 is 17.6. The third-order valence-electron chi connectivity index (χ3n) is 14.9. The number of amides is 1. The lowest BCUT2D eigenvalue weighted by Gasteiger charge is -2.41. The molecule has 11 heteroatoms. The van der Waals surface area contributed by atoms with Crippen molar-refractivity contribution in [3.05, 3.63) is 122 Å². The zero-order chi connectivity index (χ0) is 60.3. The second-order valence-corrected chi connectivity index (χ2v) is 22.5. The number of carbonyl (C=O) groups is 2. The highest BCUT2D eigenvalue weighted by molar-refractivity contribution is 5.80. The predicted molar refractivity (Wildman–Crippen MR) is 347 cm³/mol. The van der Waals surface area contributed by atoms with Crippen molar-refractivity contribution in [2.75, 3.05) is 13.2 Å². The number of aliphatic hydroxyl groups excluding tert-OH is 5. The molecule has 1 fully saturated rings. The van der Waals surface area contributed by atoms with Gasteiger partial charge in [-0.3, -0.25) is 9.59 Å². The highest BCUT2D eigenvalue weighted by Crippen LogP contribution is 2.26. The van der Waals surface area contributed by atoms with Gasteiger partial charge in [-0.25, -0.2) is 0 Å². The highest BCUT2D eigenvalue weighted by Gasteiger charge is 2.47. The van der Waals surface area contributed by atoms with Crippen molar-refractivity contribution in [1.29, 1.82) is 0 Å². The van der Waals surface area contributed by atoms with Crippen LogP contribution in [-0.2, 0) is 23.8 Å². The predicted octanol–water partition coefficient (Wildman–Crippen LogP) is 16.6. The first-order valence-corrected chi connectivity index (χ1v) is 33.3. The van der Waals surface area contributed by atoms with Gasteiger partial charge in [0.1, 0.15) is 24.4 Å². The molecule has 8 unspecified atom stereocenters. The summed E-state index contributed by atoms with van der Waals surface area (Å²) in [7, 11) is 0. The number of allylic oxidation sites excluding steroid dienone is 19. The number of carbonyl (C=O) groups excluding carboxylic acids is 2. The maximum absolute atomic E-state index is 13.4. The topological polar surface area (TPSA) is 175 Å². The molecule has 6 N–H and O–H groups in total. The molecule has 1 amide bonds. The summed E-state index contributed by atoms with van der Waals surface area (Å²) in [6, 6.07) is -1.04. The minimum absolute atomic E-state index is 0.105. The first-order chi connectivity index (χ1) is 40.7. The molecule has 0 radical (unpaired) electrons. The van der Waals surface area contributed by atoms with E-state index in [2.05, 4.69) is 123 Å². The molecular formula is C72H121NO10. The molecule has 0 aromatic carbocycles. The van der Waals surface area contributed by atoms with Gasteiger partial charge in [-0.2, -0.15) is 0 Å². The number of hydrogen-bond acceptors (Lipinski definition) is 10. The SMILES string of the molecule is CC/C=C\C/C=C\C/C=C\C/C=C\C/C=C\C/C=C\CCCCCCCCCCC(=O)OC1C(OCC(NC(=O)C(O)CCCCCCCC/C=C/C=C/C=C/CC)C(O)/C=C/CCCCCCCCCCCCC)OC(CO)C(O)C1O. The van der Waals surface area contributed by atoms with Crippen molar-refractivity contribution in [2.24, 2.45) is 0 Å². The van der Waals surface area contributed by atoms with Crippen molar-refractivity contribution < 1.29 is 49.3 Å². The largest absolute Gasteiger partial charge is 0.454 e. The van der Waals surface area contributed by atoms with Crippen molar-refractivity contribution in [2.45, 2.75) is 307 Å². The monoisotopic (exact) mass is 1160 g/mol. The fourth-order valence-corrected chi connectivity index (χ4v) is 9.71. The Balaban J connectivity index is 2.61. The third kappa shape index (κ3) is 46.0. The minimum atomic E-state index is -1.63. The summed E-state index contributed by atoms with van der Waals surface area (Å²) in [5, 5.41) is 57.1. The molecule has 1 aliphatic rings. The lowest BCUT2D eigenvalue weighted by atomic mass is 9.99. The quantitative estimate of drug-likeness (QED) is 0.0149. The normalized spacial score (nSPS) is 19.3. The molecule has 83 heavy (non-hydrogen) atoms. The maximum atomic E-state index is 13.4. The summed E-state index contributed by atoms with van der Waals surface area (Å²) in [4.78, 5) is 26.6. The lowest BCUT2D eigenvalue weighted by Crippen LogP contribution is -2.61. The van der Waals surface area contributed by atoms with Crippen molar-refractivity contribution >= 4 is 11.9 Å². The standard InChI is InChI=1S/C72H121NO10/c1-4-7-10-13-16-19-22-25-27-28-29-30-31-32-33-34-35-36-37-38-39-42-45-48-51-54-57-60-67(77)83-70-69(79)68(78)66(61-74)82-72(70)81-62-63(64(75)58-55-52-49-46-43-40-24-21-18-15-12-9-6-3)73-71(80)65(76)59-56-53-50-47-44-41-26-23-20-17-14-11-8-5-2/h7-8,10-11,14,16-17,19-20,23,25,27,29-30,32-33,35-36,55,58,63-66,68-70,72,74-76,78-79H,4-6,9,12-13,15,18,21-22,24,26,28,31,34,37-54,56-57,59-62H2,1-3H3,(H,73,80)/b10-7-,11-8+,17-14+,19-16-,23-20+,27-25-,30-29-,33-32-,36-35-,58-55+. The third-order valence-corrected chi connectivity index (χ3v) is 14.9. The maximum Gasteiger partial charge on any atom is 0.306 e. The molecule has 0 spiro atoms. The zero-order valence-electron chi connectivity index (χ0n) is 52.5. The molecule has 0 aromatic rings. The number of rotatable bonds is 55. The van der Waals surface area contributed by atoms with Gasteiger partial charge in [-0.1, -0.05) is 277 Å². The van der Waals surface area contributed by atoms with Crippen LogP contribution in [0.15, 0.2) is 122 Å². The molecule has 0 saturated carbocycles. The van der Waals surface area contributed by atoms with E-state index in [1.165, 1.54) is 77.0 Å². The Hall–Kier alpha value is -3.94. The Morgan fingerprint density at radius 3 is 1.43 bits per heavy atom. The van der Waals surface area contributed by atoms with Crippen molar-refractivity contribution in [3.63, 3.8) is 0 Å². The van der Waals surface area contributed by atoms with E-state index in [-0.39, 0.29) is 19.4 Å². The van der Waals surface area contributed by atoms with Crippen LogP contribution >= 0.6 is 0 Å². The second kappa shape index (κ2) is 58.4. The lowest BCUT2D eigenvalue weighted by molar-refractivity contribution is -0.305. The molecular weight excluding hydrogens is 1040 g/mol. The van der Waals surface area contributed by atoms with Gasteiger partial charge in [0, 0.05) is 6.42 Å². The average Bonchev–Trinajstić information content (AvgIpc) is 3.61.